The minimum absolute atomic E-state index is 0.0208. The molecule has 1 nitrogen and oxygen atoms in total. The Labute approximate surface area is 44.7 Å². The number of rotatable bonds is 1. The van der Waals surface area contributed by atoms with Crippen molar-refractivity contribution in [2.45, 2.75) is 20.8 Å². The Kier molecular flexibility index (Phi) is 1.57. The molecule has 0 aliphatic heterocycles. The molecule has 0 aromatic carbocycles. The van der Waals surface area contributed by atoms with E-state index in [1.807, 2.05) is 0 Å². The molecule has 0 rings (SSSR count). The van der Waals surface area contributed by atoms with Crippen LogP contribution in [-0.2, 0) is 4.79 Å². The van der Waals surface area contributed by atoms with E-state index >= 15 is 0 Å². The van der Waals surface area contributed by atoms with Gasteiger partial charge in [0.2, 0.25) is 0 Å². The molecule has 1 heteroatoms. The van der Waals surface area contributed by atoms with Crippen LogP contribution < -0.4 is 0 Å². The van der Waals surface area contributed by atoms with Crippen molar-refractivity contribution in [3.63, 3.8) is 0 Å². The third kappa shape index (κ3) is 2.38. The topological polar surface area (TPSA) is 17.1 Å². The molecule has 0 aliphatic carbocycles. The van der Waals surface area contributed by atoms with Gasteiger partial charge in [-0.25, -0.2) is 0 Å². The van der Waals surface area contributed by atoms with Crippen molar-refractivity contribution in [2.75, 3.05) is 0 Å². The number of carbonyl (C=O) groups is 1. The maximum Gasteiger partial charge on any atom is 0.135 e. The van der Waals surface area contributed by atoms with Crippen LogP contribution in [0.25, 0.3) is 0 Å². The largest absolute Gasteiger partial charge is 0.299 e. The predicted molar refractivity (Wildman–Crippen MR) is 28.8 cm³/mol. The minimum Gasteiger partial charge on any atom is -0.299 e. The van der Waals surface area contributed by atoms with Crippen molar-refractivity contribution in [3.05, 3.63) is 6.92 Å². The molecule has 2 radical (unpaired) electrons. The smallest absolute Gasteiger partial charge is 0.135 e. The normalized spacial score (nSPS) is 11.4. The van der Waals surface area contributed by atoms with Crippen molar-refractivity contribution >= 4 is 5.78 Å². The van der Waals surface area contributed by atoms with Gasteiger partial charge in [0.05, 0.1) is 0 Å². The first-order valence-electron chi connectivity index (χ1n) is 2.24. The van der Waals surface area contributed by atoms with Crippen molar-refractivity contribution < 1.29 is 4.79 Å². The quantitative estimate of drug-likeness (QED) is 0.483. The molecule has 0 fully saturated rings. The summed E-state index contributed by atoms with van der Waals surface area (Å²) in [6.07, 6.45) is 0. The molecule has 40 valence electrons. The molecule has 0 unspecified atom stereocenters. The van der Waals surface area contributed by atoms with E-state index in [1.54, 1.807) is 13.8 Å². The van der Waals surface area contributed by atoms with Gasteiger partial charge in [0.15, 0.2) is 0 Å². The Balaban J connectivity index is 3.79. The lowest BCUT2D eigenvalue weighted by Gasteiger charge is -2.10. The van der Waals surface area contributed by atoms with E-state index in [2.05, 4.69) is 0 Å². The first-order chi connectivity index (χ1) is 2.94. The Morgan fingerprint density at radius 1 is 1.57 bits per heavy atom. The molecule has 0 N–H and O–H groups in total. The molecular weight excluding hydrogens is 88.1 g/mol. The van der Waals surface area contributed by atoms with Crippen LogP contribution in [0.15, 0.2) is 0 Å². The average molecular weight is 98.1 g/mol. The van der Waals surface area contributed by atoms with E-state index in [-0.39, 0.29) is 5.78 Å². The maximum atomic E-state index is 10.3. The fourth-order valence-electron chi connectivity index (χ4n) is 0. The third-order valence-electron chi connectivity index (χ3n) is 0.907. The summed E-state index contributed by atoms with van der Waals surface area (Å²) in [6.45, 7) is 10.2. The highest BCUT2D eigenvalue weighted by atomic mass is 16.1. The highest BCUT2D eigenvalue weighted by molar-refractivity contribution is 5.82. The van der Waals surface area contributed by atoms with Crippen LogP contribution in [0.3, 0.4) is 0 Å². The summed E-state index contributed by atoms with van der Waals surface area (Å²) in [6, 6.07) is 0. The molecule has 0 spiro atoms. The van der Waals surface area contributed by atoms with E-state index in [0.29, 0.717) is 0 Å². The van der Waals surface area contributed by atoms with Crippen LogP contribution in [0, 0.1) is 12.3 Å². The number of Topliss-reactive ketones (excluding diaryl/α,β-unsaturated/α-hetero) is 1. The molecule has 0 atom stereocenters. The van der Waals surface area contributed by atoms with Gasteiger partial charge >= 0.3 is 0 Å². The van der Waals surface area contributed by atoms with Crippen LogP contribution in [0.4, 0.5) is 0 Å². The van der Waals surface area contributed by atoms with Crippen LogP contribution in [0.2, 0.25) is 0 Å². The standard InChI is InChI=1S/C6H10O/c1-5(7)6(2,3)4/h2H,1,3-4H3. The Hall–Kier alpha value is -0.330. The molecule has 0 bridgehead atoms. The first-order valence-corrected chi connectivity index (χ1v) is 2.24. The second-order valence-corrected chi connectivity index (χ2v) is 2.28. The molecular formula is C6H10O. The molecule has 0 saturated heterocycles. The summed E-state index contributed by atoms with van der Waals surface area (Å²) >= 11 is 0. The van der Waals surface area contributed by atoms with E-state index in [0.717, 1.165) is 0 Å². The highest BCUT2D eigenvalue weighted by Gasteiger charge is 2.15. The van der Waals surface area contributed by atoms with Gasteiger partial charge in [0, 0.05) is 5.41 Å². The van der Waals surface area contributed by atoms with Gasteiger partial charge in [-0.05, 0) is 13.8 Å². The zero-order valence-electron chi connectivity index (χ0n) is 4.99. The van der Waals surface area contributed by atoms with Gasteiger partial charge in [-0.15, -0.1) is 0 Å². The number of hydrogen-bond acceptors (Lipinski definition) is 1. The summed E-state index contributed by atoms with van der Waals surface area (Å²) in [5, 5.41) is 0. The zero-order valence-corrected chi connectivity index (χ0v) is 4.99. The van der Waals surface area contributed by atoms with Crippen LogP contribution >= 0.6 is 0 Å². The third-order valence-corrected chi connectivity index (χ3v) is 0.907. The van der Waals surface area contributed by atoms with Gasteiger partial charge in [0.25, 0.3) is 0 Å². The fourth-order valence-corrected chi connectivity index (χ4v) is 0. The predicted octanol–water partition coefficient (Wildman–Crippen LogP) is 1.31. The molecule has 0 aromatic rings. The van der Waals surface area contributed by atoms with E-state index in [4.69, 9.17) is 6.92 Å². The summed E-state index contributed by atoms with van der Waals surface area (Å²) in [4.78, 5) is 10.3. The van der Waals surface area contributed by atoms with Crippen molar-refractivity contribution in [3.8, 4) is 0 Å². The minimum atomic E-state index is -0.639. The summed E-state index contributed by atoms with van der Waals surface area (Å²) < 4.78 is 0. The monoisotopic (exact) mass is 98.1 g/mol. The molecule has 0 amide bonds. The second kappa shape index (κ2) is 1.65. The zero-order chi connectivity index (χ0) is 6.08. The Morgan fingerprint density at radius 3 is 1.71 bits per heavy atom. The first kappa shape index (κ1) is 6.67. The van der Waals surface area contributed by atoms with Gasteiger partial charge in [0.1, 0.15) is 5.78 Å². The lowest BCUT2D eigenvalue weighted by molar-refractivity contribution is -0.122. The average Bonchev–Trinajstić information content (AvgIpc) is 1.31. The van der Waals surface area contributed by atoms with Crippen LogP contribution in [-0.4, -0.2) is 5.78 Å². The van der Waals surface area contributed by atoms with Crippen LogP contribution in [0.1, 0.15) is 20.8 Å². The SMILES string of the molecule is [CH]C(C)(C)C(C)=O. The van der Waals surface area contributed by atoms with E-state index in [9.17, 15) is 4.79 Å². The number of carbonyl (C=O) groups excluding carboxylic acids is 1. The van der Waals surface area contributed by atoms with Crippen LogP contribution in [0.5, 0.6) is 0 Å². The van der Waals surface area contributed by atoms with Crippen molar-refractivity contribution in [1.29, 1.82) is 0 Å². The van der Waals surface area contributed by atoms with Gasteiger partial charge in [-0.3, -0.25) is 4.79 Å². The summed E-state index contributed by atoms with van der Waals surface area (Å²) in [7, 11) is 0. The molecule has 0 aromatic heterocycles. The summed E-state index contributed by atoms with van der Waals surface area (Å²) in [5.41, 5.74) is -0.639. The highest BCUT2D eigenvalue weighted by Crippen LogP contribution is 2.11. The lowest BCUT2D eigenvalue weighted by Crippen LogP contribution is -2.15. The lowest BCUT2D eigenvalue weighted by atomic mass is 9.92. The molecule has 0 aliphatic rings. The van der Waals surface area contributed by atoms with E-state index < -0.39 is 5.41 Å². The fraction of sp³-hybridized carbons (Fsp3) is 0.667. The molecule has 7 heavy (non-hydrogen) atoms. The van der Waals surface area contributed by atoms with Gasteiger partial charge in [-0.2, -0.15) is 0 Å². The number of hydrogen-bond donors (Lipinski definition) is 0. The Bertz CT molecular complexity index is 76.7. The number of ketones is 1. The van der Waals surface area contributed by atoms with Gasteiger partial charge in [-0.1, -0.05) is 13.8 Å². The van der Waals surface area contributed by atoms with Gasteiger partial charge < -0.3 is 0 Å². The maximum absolute atomic E-state index is 10.3. The molecule has 0 saturated carbocycles. The molecule has 0 heterocycles. The second-order valence-electron chi connectivity index (χ2n) is 2.28. The van der Waals surface area contributed by atoms with Crippen molar-refractivity contribution in [1.82, 2.24) is 0 Å². The Morgan fingerprint density at radius 2 is 1.71 bits per heavy atom. The summed E-state index contributed by atoms with van der Waals surface area (Å²) in [5.74, 6) is 0.0208. The van der Waals surface area contributed by atoms with Crippen molar-refractivity contribution in [2.24, 2.45) is 5.41 Å². The van der Waals surface area contributed by atoms with E-state index in [1.165, 1.54) is 6.92 Å².